The van der Waals surface area contributed by atoms with Crippen LogP contribution in [-0.4, -0.2) is 24.0 Å². The van der Waals surface area contributed by atoms with Crippen LogP contribution in [0.15, 0.2) is 0 Å². The molecule has 4 bridgehead atoms. The highest BCUT2D eigenvalue weighted by Crippen LogP contribution is 2.81. The number of hydrogen-bond donors (Lipinski definition) is 0. The van der Waals surface area contributed by atoms with E-state index in [0.717, 1.165) is 29.2 Å². The molecule has 4 saturated carbocycles. The molecule has 4 rings (SSSR count). The topological polar surface area (TPSA) is 3.24 Å². The van der Waals surface area contributed by atoms with E-state index in [0.29, 0.717) is 0 Å². The second kappa shape index (κ2) is 3.63. The van der Waals surface area contributed by atoms with Crippen molar-refractivity contribution in [1.82, 2.24) is 4.90 Å². The van der Waals surface area contributed by atoms with Crippen molar-refractivity contribution in [3.8, 4) is 0 Å². The second-order valence-electron chi connectivity index (χ2n) is 5.63. The molecule has 0 amide bonds. The van der Waals surface area contributed by atoms with Crippen LogP contribution in [-0.2, 0) is 0 Å². The van der Waals surface area contributed by atoms with Crippen LogP contribution in [0.4, 0.5) is 0 Å². The lowest BCUT2D eigenvalue weighted by Crippen LogP contribution is -2.37. The maximum Gasteiger partial charge on any atom is 0.0160 e. The van der Waals surface area contributed by atoms with Crippen molar-refractivity contribution in [1.29, 1.82) is 0 Å². The van der Waals surface area contributed by atoms with E-state index in [1.165, 1.54) is 19.5 Å². The van der Waals surface area contributed by atoms with Crippen molar-refractivity contribution in [3.63, 3.8) is 0 Å². The molecule has 5 unspecified atom stereocenters. The summed E-state index contributed by atoms with van der Waals surface area (Å²) in [6.07, 6.45) is 4.59. The lowest BCUT2D eigenvalue weighted by molar-refractivity contribution is 0.177. The van der Waals surface area contributed by atoms with Crippen LogP contribution in [0.25, 0.3) is 0 Å². The molecule has 4 aliphatic carbocycles. The average Bonchev–Trinajstić information content (AvgIpc) is 2.65. The number of hydrogen-bond acceptors (Lipinski definition) is 1. The van der Waals surface area contributed by atoms with Crippen molar-refractivity contribution < 1.29 is 0 Å². The Labute approximate surface area is 100 Å². The van der Waals surface area contributed by atoms with Gasteiger partial charge in [0.2, 0.25) is 0 Å². The minimum atomic E-state index is 0. The number of halogens is 1. The highest BCUT2D eigenvalue weighted by Gasteiger charge is 2.77. The zero-order chi connectivity index (χ0) is 9.92. The van der Waals surface area contributed by atoms with E-state index in [9.17, 15) is 0 Å². The van der Waals surface area contributed by atoms with E-state index in [-0.39, 0.29) is 12.4 Å². The van der Waals surface area contributed by atoms with E-state index in [1.807, 2.05) is 0 Å². The van der Waals surface area contributed by atoms with Crippen LogP contribution >= 0.6 is 12.4 Å². The molecule has 0 aromatic carbocycles. The Kier molecular flexibility index (Phi) is 2.84. The van der Waals surface area contributed by atoms with Gasteiger partial charge in [0.1, 0.15) is 0 Å². The molecule has 1 nitrogen and oxygen atoms in total. The molecule has 0 heterocycles. The third kappa shape index (κ3) is 1.20. The Morgan fingerprint density at radius 1 is 1.20 bits per heavy atom. The minimum Gasteiger partial charge on any atom is -0.300 e. The van der Waals surface area contributed by atoms with Gasteiger partial charge in [-0.3, -0.25) is 0 Å². The highest BCUT2D eigenvalue weighted by atomic mass is 35.5. The lowest BCUT2D eigenvalue weighted by atomic mass is 10.0. The third-order valence-electron chi connectivity index (χ3n) is 5.67. The van der Waals surface area contributed by atoms with Crippen molar-refractivity contribution in [2.75, 3.05) is 13.1 Å². The van der Waals surface area contributed by atoms with Crippen LogP contribution in [0, 0.1) is 23.2 Å². The number of rotatable bonds is 4. The fraction of sp³-hybridized carbons (Fsp3) is 1.00. The first-order valence-corrected chi connectivity index (χ1v) is 6.52. The summed E-state index contributed by atoms with van der Waals surface area (Å²) in [7, 11) is 0. The summed E-state index contributed by atoms with van der Waals surface area (Å²) >= 11 is 0. The first-order chi connectivity index (χ1) is 6.78. The van der Waals surface area contributed by atoms with E-state index < -0.39 is 0 Å². The first-order valence-electron chi connectivity index (χ1n) is 6.52. The zero-order valence-corrected chi connectivity index (χ0v) is 11.0. The van der Waals surface area contributed by atoms with Crippen LogP contribution in [0.5, 0.6) is 0 Å². The summed E-state index contributed by atoms with van der Waals surface area (Å²) in [5.41, 5.74) is 0.845. The van der Waals surface area contributed by atoms with Gasteiger partial charge in [-0.1, -0.05) is 20.8 Å². The van der Waals surface area contributed by atoms with Gasteiger partial charge in [0.05, 0.1) is 0 Å². The van der Waals surface area contributed by atoms with Crippen molar-refractivity contribution in [2.24, 2.45) is 23.2 Å². The lowest BCUT2D eigenvalue weighted by Gasteiger charge is -2.29. The molecule has 0 aliphatic heterocycles. The Morgan fingerprint density at radius 3 is 2.27 bits per heavy atom. The quantitative estimate of drug-likeness (QED) is 0.716. The summed E-state index contributed by atoms with van der Waals surface area (Å²) in [5.74, 6) is 3.32. The molecule has 0 aromatic heterocycles. The fourth-order valence-electron chi connectivity index (χ4n) is 5.12. The molecule has 0 aromatic rings. The molecule has 0 N–H and O–H groups in total. The number of nitrogens with zero attached hydrogens (tertiary/aromatic N) is 1. The predicted molar refractivity (Wildman–Crippen MR) is 66.4 cm³/mol. The Balaban J connectivity index is 0.000000853. The fourth-order valence-corrected chi connectivity index (χ4v) is 5.12. The van der Waals surface area contributed by atoms with Gasteiger partial charge in [-0.25, -0.2) is 0 Å². The van der Waals surface area contributed by atoms with E-state index in [1.54, 1.807) is 12.8 Å². The SMILES string of the molecule is CCN(CC)C1C2CC3C1C3(CC)C2.Cl. The smallest absolute Gasteiger partial charge is 0.0160 e. The summed E-state index contributed by atoms with van der Waals surface area (Å²) < 4.78 is 0. The Bertz CT molecular complexity index is 251. The first kappa shape index (κ1) is 11.7. The van der Waals surface area contributed by atoms with Gasteiger partial charge in [0.15, 0.2) is 0 Å². The van der Waals surface area contributed by atoms with Crippen LogP contribution in [0.2, 0.25) is 0 Å². The molecule has 0 saturated heterocycles. The predicted octanol–water partition coefficient (Wildman–Crippen LogP) is 3.18. The zero-order valence-electron chi connectivity index (χ0n) is 10.2. The van der Waals surface area contributed by atoms with Crippen LogP contribution in [0.1, 0.15) is 40.0 Å². The van der Waals surface area contributed by atoms with Gasteiger partial charge in [-0.05, 0) is 55.5 Å². The average molecular weight is 230 g/mol. The summed E-state index contributed by atoms with van der Waals surface area (Å²) in [5, 5.41) is 0. The minimum absolute atomic E-state index is 0. The molecular weight excluding hydrogens is 206 g/mol. The summed E-state index contributed by atoms with van der Waals surface area (Å²) in [6, 6.07) is 0.981. The third-order valence-corrected chi connectivity index (χ3v) is 5.67. The maximum atomic E-state index is 2.74. The molecule has 0 spiro atoms. The van der Waals surface area contributed by atoms with Crippen LogP contribution in [0.3, 0.4) is 0 Å². The van der Waals surface area contributed by atoms with Crippen molar-refractivity contribution >= 4 is 12.4 Å². The molecular formula is C13H24ClN. The maximum absolute atomic E-state index is 2.74. The summed E-state index contributed by atoms with van der Waals surface area (Å²) in [6.45, 7) is 9.60. The van der Waals surface area contributed by atoms with E-state index in [2.05, 4.69) is 25.7 Å². The second-order valence-corrected chi connectivity index (χ2v) is 5.63. The normalized spacial score (nSPS) is 49.6. The van der Waals surface area contributed by atoms with Gasteiger partial charge >= 0.3 is 0 Å². The Morgan fingerprint density at radius 2 is 1.87 bits per heavy atom. The highest BCUT2D eigenvalue weighted by molar-refractivity contribution is 5.85. The molecule has 4 fully saturated rings. The summed E-state index contributed by atoms with van der Waals surface area (Å²) in [4.78, 5) is 2.74. The molecule has 2 heteroatoms. The van der Waals surface area contributed by atoms with Crippen molar-refractivity contribution in [3.05, 3.63) is 0 Å². The molecule has 0 radical (unpaired) electrons. The molecule has 5 atom stereocenters. The van der Waals surface area contributed by atoms with E-state index in [4.69, 9.17) is 0 Å². The standard InChI is InChI=1S/C13H23N.ClH/c1-4-13-8-9-7-10(13)11(13)12(9)14(5-2)6-3;/h9-12H,4-8H2,1-3H3;1H. The van der Waals surface area contributed by atoms with Crippen LogP contribution < -0.4 is 0 Å². The van der Waals surface area contributed by atoms with Gasteiger partial charge < -0.3 is 4.90 Å². The molecule has 4 aliphatic rings. The van der Waals surface area contributed by atoms with Gasteiger partial charge in [0, 0.05) is 6.04 Å². The van der Waals surface area contributed by atoms with Gasteiger partial charge in [-0.2, -0.15) is 0 Å². The van der Waals surface area contributed by atoms with Gasteiger partial charge in [-0.15, -0.1) is 12.4 Å². The monoisotopic (exact) mass is 229 g/mol. The van der Waals surface area contributed by atoms with Gasteiger partial charge in [0.25, 0.3) is 0 Å². The Hall–Kier alpha value is 0.250. The van der Waals surface area contributed by atoms with Crippen molar-refractivity contribution in [2.45, 2.75) is 46.1 Å². The molecule has 88 valence electrons. The molecule has 15 heavy (non-hydrogen) atoms. The largest absolute Gasteiger partial charge is 0.300 e. The van der Waals surface area contributed by atoms with E-state index >= 15 is 0 Å².